The lowest BCUT2D eigenvalue weighted by Crippen LogP contribution is -2.08. The second-order valence-electron chi connectivity index (χ2n) is 4.61. The Labute approximate surface area is 125 Å². The maximum Gasteiger partial charge on any atom is 0.335 e. The molecule has 1 aromatic carbocycles. The fraction of sp³-hybridized carbons (Fsp3) is 0.214. The van der Waals surface area contributed by atoms with Crippen molar-refractivity contribution in [3.05, 3.63) is 55.8 Å². The van der Waals surface area contributed by atoms with Gasteiger partial charge in [-0.2, -0.15) is 0 Å². The maximum atomic E-state index is 11.1. The van der Waals surface area contributed by atoms with Crippen LogP contribution in [0.15, 0.2) is 30.3 Å². The number of aromatic carboxylic acids is 1. The SMILES string of the molecule is Cc1ccc(C(C)Nc2ccc(C(=O)O)cc2[N+](=O)[O-])s1. The molecule has 0 aliphatic heterocycles. The average molecular weight is 306 g/mol. The second kappa shape index (κ2) is 5.92. The van der Waals surface area contributed by atoms with Crippen LogP contribution in [0, 0.1) is 17.0 Å². The molecule has 0 spiro atoms. The Morgan fingerprint density at radius 1 is 1.38 bits per heavy atom. The Kier molecular flexibility index (Phi) is 4.23. The van der Waals surface area contributed by atoms with E-state index in [0.29, 0.717) is 5.69 Å². The minimum Gasteiger partial charge on any atom is -0.478 e. The van der Waals surface area contributed by atoms with E-state index in [9.17, 15) is 14.9 Å². The van der Waals surface area contributed by atoms with Gasteiger partial charge in [-0.1, -0.05) is 0 Å². The van der Waals surface area contributed by atoms with E-state index in [1.54, 1.807) is 11.3 Å². The molecule has 0 aliphatic carbocycles. The lowest BCUT2D eigenvalue weighted by atomic mass is 10.1. The highest BCUT2D eigenvalue weighted by molar-refractivity contribution is 7.12. The molecule has 21 heavy (non-hydrogen) atoms. The first-order valence-corrected chi connectivity index (χ1v) is 7.04. The van der Waals surface area contributed by atoms with Crippen molar-refractivity contribution in [2.24, 2.45) is 0 Å². The van der Waals surface area contributed by atoms with E-state index in [1.165, 1.54) is 12.1 Å². The molecule has 6 nitrogen and oxygen atoms in total. The Morgan fingerprint density at radius 2 is 2.10 bits per heavy atom. The molecular formula is C14H14N2O4S. The van der Waals surface area contributed by atoms with Gasteiger partial charge in [0.15, 0.2) is 0 Å². The highest BCUT2D eigenvalue weighted by Gasteiger charge is 2.19. The van der Waals surface area contributed by atoms with Gasteiger partial charge in [0, 0.05) is 15.8 Å². The van der Waals surface area contributed by atoms with Crippen LogP contribution in [-0.4, -0.2) is 16.0 Å². The number of hydrogen-bond donors (Lipinski definition) is 2. The molecule has 0 fully saturated rings. The van der Waals surface area contributed by atoms with E-state index < -0.39 is 10.9 Å². The van der Waals surface area contributed by atoms with Crippen LogP contribution in [0.1, 0.15) is 33.1 Å². The number of thiophene rings is 1. The van der Waals surface area contributed by atoms with Crippen molar-refractivity contribution in [2.75, 3.05) is 5.32 Å². The Bertz CT molecular complexity index is 696. The first-order chi connectivity index (χ1) is 9.88. The fourth-order valence-corrected chi connectivity index (χ4v) is 2.81. The van der Waals surface area contributed by atoms with E-state index in [1.807, 2.05) is 26.0 Å². The van der Waals surface area contributed by atoms with Crippen LogP contribution in [-0.2, 0) is 0 Å². The third-order valence-corrected chi connectivity index (χ3v) is 4.18. The minimum absolute atomic E-state index is 0.0990. The van der Waals surface area contributed by atoms with Crippen LogP contribution >= 0.6 is 11.3 Å². The summed E-state index contributed by atoms with van der Waals surface area (Å²) in [6, 6.07) is 7.70. The van der Waals surface area contributed by atoms with Gasteiger partial charge in [-0.15, -0.1) is 11.3 Å². The average Bonchev–Trinajstić information content (AvgIpc) is 2.85. The number of carboxylic acid groups (broad SMARTS) is 1. The van der Waals surface area contributed by atoms with E-state index in [4.69, 9.17) is 5.11 Å². The molecule has 1 aromatic heterocycles. The van der Waals surface area contributed by atoms with Gasteiger partial charge in [0.25, 0.3) is 5.69 Å². The van der Waals surface area contributed by atoms with Crippen molar-refractivity contribution in [1.29, 1.82) is 0 Å². The zero-order valence-electron chi connectivity index (χ0n) is 11.5. The topological polar surface area (TPSA) is 92.5 Å². The largest absolute Gasteiger partial charge is 0.478 e. The van der Waals surface area contributed by atoms with Crippen molar-refractivity contribution in [2.45, 2.75) is 19.9 Å². The molecule has 2 rings (SSSR count). The molecule has 2 N–H and O–H groups in total. The number of carboxylic acids is 1. The minimum atomic E-state index is -1.19. The Morgan fingerprint density at radius 3 is 2.62 bits per heavy atom. The van der Waals surface area contributed by atoms with Gasteiger partial charge >= 0.3 is 5.97 Å². The van der Waals surface area contributed by atoms with Gasteiger partial charge in [-0.05, 0) is 38.1 Å². The summed E-state index contributed by atoms with van der Waals surface area (Å²) in [4.78, 5) is 23.6. The molecule has 0 aliphatic rings. The molecule has 2 aromatic rings. The summed E-state index contributed by atoms with van der Waals surface area (Å²) >= 11 is 1.61. The summed E-state index contributed by atoms with van der Waals surface area (Å²) in [6.45, 7) is 3.89. The molecule has 0 saturated carbocycles. The van der Waals surface area contributed by atoms with Crippen LogP contribution in [0.2, 0.25) is 0 Å². The van der Waals surface area contributed by atoms with Gasteiger partial charge in [0.1, 0.15) is 5.69 Å². The number of nitrogens with zero attached hydrogens (tertiary/aromatic N) is 1. The van der Waals surface area contributed by atoms with Gasteiger partial charge < -0.3 is 10.4 Å². The number of aryl methyl sites for hydroxylation is 1. The van der Waals surface area contributed by atoms with Crippen molar-refractivity contribution in [3.8, 4) is 0 Å². The molecule has 0 bridgehead atoms. The summed E-state index contributed by atoms with van der Waals surface area (Å²) < 4.78 is 0. The second-order valence-corrected chi connectivity index (χ2v) is 5.93. The van der Waals surface area contributed by atoms with Crippen LogP contribution in [0.5, 0.6) is 0 Å². The van der Waals surface area contributed by atoms with Gasteiger partial charge in [-0.25, -0.2) is 4.79 Å². The predicted octanol–water partition coefficient (Wildman–Crippen LogP) is 3.84. The van der Waals surface area contributed by atoms with Crippen LogP contribution in [0.3, 0.4) is 0 Å². The number of benzene rings is 1. The van der Waals surface area contributed by atoms with Crippen molar-refractivity contribution in [3.63, 3.8) is 0 Å². The molecule has 0 radical (unpaired) electrons. The summed E-state index contributed by atoms with van der Waals surface area (Å²) in [6.07, 6.45) is 0. The number of nitro groups is 1. The summed E-state index contributed by atoms with van der Waals surface area (Å²) in [5.41, 5.74) is -0.0366. The quantitative estimate of drug-likeness (QED) is 0.646. The monoisotopic (exact) mass is 306 g/mol. The first kappa shape index (κ1) is 15.0. The maximum absolute atomic E-state index is 11.1. The normalized spacial score (nSPS) is 11.9. The number of carbonyl (C=O) groups is 1. The molecular weight excluding hydrogens is 292 g/mol. The Hall–Kier alpha value is -2.41. The number of nitrogens with one attached hydrogen (secondary N) is 1. The van der Waals surface area contributed by atoms with E-state index >= 15 is 0 Å². The first-order valence-electron chi connectivity index (χ1n) is 6.23. The smallest absolute Gasteiger partial charge is 0.335 e. The van der Waals surface area contributed by atoms with E-state index in [0.717, 1.165) is 15.8 Å². The zero-order valence-corrected chi connectivity index (χ0v) is 12.3. The van der Waals surface area contributed by atoms with Crippen LogP contribution in [0.4, 0.5) is 11.4 Å². The predicted molar refractivity (Wildman–Crippen MR) is 81.1 cm³/mol. The van der Waals surface area contributed by atoms with Crippen molar-refractivity contribution in [1.82, 2.24) is 0 Å². The summed E-state index contributed by atoms with van der Waals surface area (Å²) in [7, 11) is 0. The summed E-state index contributed by atoms with van der Waals surface area (Å²) in [5.74, 6) is -1.19. The summed E-state index contributed by atoms with van der Waals surface area (Å²) in [5, 5.41) is 23.1. The molecule has 7 heteroatoms. The highest BCUT2D eigenvalue weighted by Crippen LogP contribution is 2.31. The lowest BCUT2D eigenvalue weighted by molar-refractivity contribution is -0.384. The van der Waals surface area contributed by atoms with E-state index in [2.05, 4.69) is 5.32 Å². The van der Waals surface area contributed by atoms with E-state index in [-0.39, 0.29) is 17.3 Å². The van der Waals surface area contributed by atoms with Crippen molar-refractivity contribution >= 4 is 28.7 Å². The molecule has 0 saturated heterocycles. The van der Waals surface area contributed by atoms with Crippen LogP contribution < -0.4 is 5.32 Å². The molecule has 1 unspecified atom stereocenters. The van der Waals surface area contributed by atoms with Gasteiger partial charge in [-0.3, -0.25) is 10.1 Å². The third-order valence-electron chi connectivity index (χ3n) is 3.00. The number of nitro benzene ring substituents is 1. The Balaban J connectivity index is 2.31. The molecule has 0 amide bonds. The lowest BCUT2D eigenvalue weighted by Gasteiger charge is -2.14. The number of hydrogen-bond acceptors (Lipinski definition) is 5. The highest BCUT2D eigenvalue weighted by atomic mass is 32.1. The zero-order chi connectivity index (χ0) is 15.6. The van der Waals surface area contributed by atoms with Gasteiger partial charge in [0.2, 0.25) is 0 Å². The van der Waals surface area contributed by atoms with Gasteiger partial charge in [0.05, 0.1) is 16.5 Å². The third kappa shape index (κ3) is 3.38. The molecule has 1 atom stereocenters. The van der Waals surface area contributed by atoms with Crippen molar-refractivity contribution < 1.29 is 14.8 Å². The fourth-order valence-electron chi connectivity index (χ4n) is 1.93. The molecule has 110 valence electrons. The van der Waals surface area contributed by atoms with Crippen LogP contribution in [0.25, 0.3) is 0 Å². The number of anilines is 1. The number of rotatable bonds is 5. The standard InChI is InChI=1S/C14H14N2O4S/c1-8-3-6-13(21-8)9(2)15-11-5-4-10(14(17)18)7-12(11)16(19)20/h3-7,9,15H,1-2H3,(H,17,18). The molecule has 1 heterocycles.